The first kappa shape index (κ1) is 21.0. The maximum Gasteiger partial charge on any atom is 0.274 e. The van der Waals surface area contributed by atoms with Crippen LogP contribution >= 0.6 is 0 Å². The van der Waals surface area contributed by atoms with E-state index in [0.29, 0.717) is 17.4 Å². The molecule has 1 atom stereocenters. The zero-order chi connectivity index (χ0) is 20.9. The van der Waals surface area contributed by atoms with Crippen LogP contribution in [0.25, 0.3) is 0 Å². The Hall–Kier alpha value is -2.74. The lowest BCUT2D eigenvalue weighted by atomic mass is 9.98. The van der Waals surface area contributed by atoms with Gasteiger partial charge in [-0.2, -0.15) is 5.10 Å². The van der Waals surface area contributed by atoms with Crippen molar-refractivity contribution in [1.82, 2.24) is 25.0 Å². The summed E-state index contributed by atoms with van der Waals surface area (Å²) in [6.07, 6.45) is 8.44. The summed E-state index contributed by atoms with van der Waals surface area (Å²) in [6.45, 7) is 8.35. The van der Waals surface area contributed by atoms with Crippen LogP contribution in [0.15, 0.2) is 36.8 Å². The molecule has 2 aromatic rings. The Kier molecular flexibility index (Phi) is 6.64. The topological polar surface area (TPSA) is 92.2 Å². The number of rotatable bonds is 7. The van der Waals surface area contributed by atoms with E-state index < -0.39 is 0 Å². The van der Waals surface area contributed by atoms with Crippen LogP contribution in [0.3, 0.4) is 0 Å². The first-order chi connectivity index (χ1) is 13.8. The lowest BCUT2D eigenvalue weighted by Gasteiger charge is -2.39. The first-order valence-corrected chi connectivity index (χ1v) is 10.1. The summed E-state index contributed by atoms with van der Waals surface area (Å²) in [5, 5.41) is 10.0. The van der Waals surface area contributed by atoms with Gasteiger partial charge in [0, 0.05) is 30.5 Å². The van der Waals surface area contributed by atoms with Crippen molar-refractivity contribution in [3.05, 3.63) is 42.5 Å². The van der Waals surface area contributed by atoms with Crippen molar-refractivity contribution in [2.24, 2.45) is 0 Å². The van der Waals surface area contributed by atoms with E-state index in [-0.39, 0.29) is 23.9 Å². The Morgan fingerprint density at radius 1 is 1.28 bits per heavy atom. The van der Waals surface area contributed by atoms with Crippen LogP contribution in [0.5, 0.6) is 0 Å². The molecule has 0 aliphatic carbocycles. The molecule has 1 fully saturated rings. The molecular weight excluding hydrogens is 368 g/mol. The molecule has 0 spiro atoms. The van der Waals surface area contributed by atoms with Gasteiger partial charge in [-0.15, -0.1) is 0 Å². The van der Waals surface area contributed by atoms with Gasteiger partial charge in [0.25, 0.3) is 5.91 Å². The van der Waals surface area contributed by atoms with E-state index >= 15 is 0 Å². The molecule has 3 rings (SSSR count). The van der Waals surface area contributed by atoms with Gasteiger partial charge in [-0.25, -0.2) is 0 Å². The quantitative estimate of drug-likeness (QED) is 0.747. The minimum absolute atomic E-state index is 0.0957. The largest absolute Gasteiger partial charge is 0.348 e. The molecule has 2 aromatic heterocycles. The van der Waals surface area contributed by atoms with Gasteiger partial charge in [-0.05, 0) is 52.3 Å². The molecule has 0 aromatic carbocycles. The van der Waals surface area contributed by atoms with Gasteiger partial charge in [0.05, 0.1) is 11.9 Å². The standard InChI is InChI=1S/C21H30N6O2/c1-16-8-5-7-11-26(16)15-21(2,3)25-19(28)14-27-13-17(12-23-27)24-20(29)18-9-4-6-10-22-18/h4,6,9-10,12-13,16H,5,7-8,11,14-15H2,1-3H3,(H,24,29)(H,25,28). The lowest BCUT2D eigenvalue weighted by molar-refractivity contribution is -0.123. The molecule has 2 amide bonds. The predicted molar refractivity (Wildman–Crippen MR) is 112 cm³/mol. The van der Waals surface area contributed by atoms with Gasteiger partial charge in [0.1, 0.15) is 12.2 Å². The van der Waals surface area contributed by atoms with E-state index in [4.69, 9.17) is 0 Å². The van der Waals surface area contributed by atoms with Crippen molar-refractivity contribution >= 4 is 17.5 Å². The van der Waals surface area contributed by atoms with E-state index in [0.717, 1.165) is 13.1 Å². The van der Waals surface area contributed by atoms with Crippen molar-refractivity contribution in [3.8, 4) is 0 Å². The number of carbonyl (C=O) groups excluding carboxylic acids is 2. The smallest absolute Gasteiger partial charge is 0.274 e. The zero-order valence-electron chi connectivity index (χ0n) is 17.4. The molecule has 0 bridgehead atoms. The normalized spacial score (nSPS) is 17.7. The number of amides is 2. The highest BCUT2D eigenvalue weighted by Crippen LogP contribution is 2.19. The third-order valence-electron chi connectivity index (χ3n) is 5.11. The number of nitrogens with zero attached hydrogens (tertiary/aromatic N) is 4. The fourth-order valence-electron chi connectivity index (χ4n) is 3.71. The van der Waals surface area contributed by atoms with E-state index in [1.807, 2.05) is 13.8 Å². The van der Waals surface area contributed by atoms with Crippen molar-refractivity contribution in [2.75, 3.05) is 18.4 Å². The van der Waals surface area contributed by atoms with Crippen LogP contribution in [-0.2, 0) is 11.3 Å². The van der Waals surface area contributed by atoms with Crippen LogP contribution in [0.1, 0.15) is 50.5 Å². The molecule has 0 radical (unpaired) electrons. The van der Waals surface area contributed by atoms with Crippen LogP contribution in [0.4, 0.5) is 5.69 Å². The average molecular weight is 399 g/mol. The number of anilines is 1. The van der Waals surface area contributed by atoms with Crippen LogP contribution < -0.4 is 10.6 Å². The number of carbonyl (C=O) groups is 2. The third kappa shape index (κ3) is 6.12. The van der Waals surface area contributed by atoms with Gasteiger partial charge < -0.3 is 10.6 Å². The molecule has 1 saturated heterocycles. The molecule has 3 heterocycles. The number of hydrogen-bond acceptors (Lipinski definition) is 5. The number of likely N-dealkylation sites (tertiary alicyclic amines) is 1. The van der Waals surface area contributed by atoms with E-state index in [2.05, 4.69) is 32.5 Å². The van der Waals surface area contributed by atoms with Gasteiger partial charge in [0.15, 0.2) is 0 Å². The molecule has 1 aliphatic heterocycles. The Morgan fingerprint density at radius 2 is 2.10 bits per heavy atom. The number of aromatic nitrogens is 3. The summed E-state index contributed by atoms with van der Waals surface area (Å²) < 4.78 is 1.52. The SMILES string of the molecule is CC1CCCCN1CC(C)(C)NC(=O)Cn1cc(NC(=O)c2ccccn2)cn1. The highest BCUT2D eigenvalue weighted by atomic mass is 16.2. The summed E-state index contributed by atoms with van der Waals surface area (Å²) in [5.74, 6) is -0.420. The second-order valence-corrected chi connectivity index (χ2v) is 8.34. The van der Waals surface area contributed by atoms with E-state index in [1.165, 1.54) is 30.1 Å². The number of piperidine rings is 1. The molecule has 29 heavy (non-hydrogen) atoms. The molecule has 8 heteroatoms. The maximum absolute atomic E-state index is 12.5. The van der Waals surface area contributed by atoms with Crippen LogP contribution in [0, 0.1) is 0 Å². The fourth-order valence-corrected chi connectivity index (χ4v) is 3.71. The summed E-state index contributed by atoms with van der Waals surface area (Å²) in [6, 6.07) is 5.69. The molecule has 156 valence electrons. The number of hydrogen-bond donors (Lipinski definition) is 2. The minimum atomic E-state index is -0.328. The predicted octanol–water partition coefficient (Wildman–Crippen LogP) is 2.30. The fraction of sp³-hybridized carbons (Fsp3) is 0.524. The van der Waals surface area contributed by atoms with Crippen molar-refractivity contribution in [1.29, 1.82) is 0 Å². The van der Waals surface area contributed by atoms with E-state index in [1.54, 1.807) is 30.6 Å². The van der Waals surface area contributed by atoms with Gasteiger partial charge in [0.2, 0.25) is 5.91 Å². The Morgan fingerprint density at radius 3 is 2.83 bits per heavy atom. The second kappa shape index (κ2) is 9.17. The second-order valence-electron chi connectivity index (χ2n) is 8.34. The molecule has 0 saturated carbocycles. The molecule has 1 unspecified atom stereocenters. The minimum Gasteiger partial charge on any atom is -0.348 e. The van der Waals surface area contributed by atoms with E-state index in [9.17, 15) is 9.59 Å². The summed E-state index contributed by atoms with van der Waals surface area (Å²) in [7, 11) is 0. The third-order valence-corrected chi connectivity index (χ3v) is 5.11. The number of nitrogens with one attached hydrogen (secondary N) is 2. The molecule has 8 nitrogen and oxygen atoms in total. The van der Waals surface area contributed by atoms with Gasteiger partial charge >= 0.3 is 0 Å². The Labute approximate surface area is 171 Å². The monoisotopic (exact) mass is 398 g/mol. The maximum atomic E-state index is 12.5. The molecular formula is C21H30N6O2. The summed E-state index contributed by atoms with van der Waals surface area (Å²) in [5.41, 5.74) is 0.521. The summed E-state index contributed by atoms with van der Waals surface area (Å²) in [4.78, 5) is 31.1. The summed E-state index contributed by atoms with van der Waals surface area (Å²) >= 11 is 0. The Balaban J connectivity index is 1.51. The lowest BCUT2D eigenvalue weighted by Crippen LogP contribution is -2.54. The highest BCUT2D eigenvalue weighted by molar-refractivity contribution is 6.02. The number of pyridine rings is 1. The molecule has 1 aliphatic rings. The van der Waals surface area contributed by atoms with Crippen molar-refractivity contribution in [3.63, 3.8) is 0 Å². The van der Waals surface area contributed by atoms with Crippen molar-refractivity contribution < 1.29 is 9.59 Å². The zero-order valence-corrected chi connectivity index (χ0v) is 17.4. The van der Waals surface area contributed by atoms with Gasteiger partial charge in [-0.3, -0.25) is 24.2 Å². The molecule has 2 N–H and O–H groups in total. The highest BCUT2D eigenvalue weighted by Gasteiger charge is 2.27. The average Bonchev–Trinajstić information content (AvgIpc) is 3.10. The van der Waals surface area contributed by atoms with Crippen molar-refractivity contribution in [2.45, 2.75) is 58.2 Å². The Bertz CT molecular complexity index is 833. The van der Waals surface area contributed by atoms with Gasteiger partial charge in [-0.1, -0.05) is 12.5 Å². The first-order valence-electron chi connectivity index (χ1n) is 10.1. The van der Waals surface area contributed by atoms with Crippen LogP contribution in [0.2, 0.25) is 0 Å². The van der Waals surface area contributed by atoms with Crippen LogP contribution in [-0.4, -0.2) is 56.1 Å².